The van der Waals surface area contributed by atoms with Crippen LogP contribution in [0.4, 0.5) is 4.79 Å². The molecule has 0 aromatic heterocycles. The number of hydrogen-bond donors (Lipinski definition) is 5. The Morgan fingerprint density at radius 1 is 1.00 bits per heavy atom. The SMILES string of the molecule is CC(C)CN(C[C@@H](O)[C@H](CC1=CCCC=C1)NC(=O)[C@@H](NC(=O)CNC(=O)OCc1ccccc1)C(C)(C)C)S(C)(=O)(O)c1ccc2c(c1)OCO2. The molecule has 0 spiro atoms. The first-order chi connectivity index (χ1) is 24.4. The van der Waals surface area contributed by atoms with Gasteiger partial charge in [0, 0.05) is 25.4 Å². The minimum atomic E-state index is -4.78. The predicted octanol–water partition coefficient (Wildman–Crippen LogP) is 4.54. The smallest absolute Gasteiger partial charge is 0.407 e. The minimum Gasteiger partial charge on any atom is -0.454 e. The van der Waals surface area contributed by atoms with Crippen LogP contribution in [0.3, 0.4) is 0 Å². The standard InChI is InChI=1S/C38H54N4O9S/c1-26(2)22-42(52(6,47,48)29-17-18-32-33(20-29)51-25-50-32)23-31(43)30(19-27-13-9-7-10-14-27)40-36(45)35(38(3,4)5)41-34(44)21-39-37(46)49-24-28-15-11-8-12-16-28/h8-9,11-18,20,26,30-31,35,43H,7,10,19,21-25H2,1-6H3,(H,39,46)(H,40,45)(H,41,44)(H,47,48)/t30-,31+,35+/m0/s1. The molecule has 13 nitrogen and oxygen atoms in total. The van der Waals surface area contributed by atoms with Crippen molar-refractivity contribution in [3.8, 4) is 11.5 Å². The summed E-state index contributed by atoms with van der Waals surface area (Å²) in [6.07, 6.45) is 7.07. The summed E-state index contributed by atoms with van der Waals surface area (Å²) < 4.78 is 44.1. The molecule has 1 aliphatic carbocycles. The zero-order valence-electron chi connectivity index (χ0n) is 30.9. The molecule has 0 bridgehead atoms. The number of carbonyl (C=O) groups is 3. The van der Waals surface area contributed by atoms with Gasteiger partial charge < -0.3 is 35.3 Å². The summed E-state index contributed by atoms with van der Waals surface area (Å²) >= 11 is 0. The van der Waals surface area contributed by atoms with Crippen LogP contribution in [0.2, 0.25) is 0 Å². The van der Waals surface area contributed by atoms with E-state index in [0.29, 0.717) is 11.5 Å². The van der Waals surface area contributed by atoms with Crippen molar-refractivity contribution in [3.05, 3.63) is 77.9 Å². The fraction of sp³-hybridized carbons (Fsp3) is 0.500. The van der Waals surface area contributed by atoms with E-state index >= 15 is 0 Å². The topological polar surface area (TPSA) is 176 Å². The monoisotopic (exact) mass is 742 g/mol. The van der Waals surface area contributed by atoms with Crippen LogP contribution in [-0.4, -0.2) is 87.0 Å². The van der Waals surface area contributed by atoms with Gasteiger partial charge in [-0.3, -0.25) is 14.1 Å². The van der Waals surface area contributed by atoms with Crippen LogP contribution in [0.15, 0.2) is 77.2 Å². The maximum absolute atomic E-state index is 14.7. The van der Waals surface area contributed by atoms with Gasteiger partial charge in [0.15, 0.2) is 11.5 Å². The summed E-state index contributed by atoms with van der Waals surface area (Å²) in [5.74, 6) is -0.394. The summed E-state index contributed by atoms with van der Waals surface area (Å²) in [5, 5.41) is 19.9. The van der Waals surface area contributed by atoms with Gasteiger partial charge >= 0.3 is 6.09 Å². The summed E-state index contributed by atoms with van der Waals surface area (Å²) in [4.78, 5) is 39.4. The number of alkyl carbamates (subject to hydrolysis) is 1. The molecule has 0 saturated carbocycles. The molecule has 0 radical (unpaired) electrons. The first-order valence-corrected chi connectivity index (χ1v) is 19.8. The molecule has 0 fully saturated rings. The highest BCUT2D eigenvalue weighted by Gasteiger charge is 2.39. The van der Waals surface area contributed by atoms with Crippen molar-refractivity contribution in [2.24, 2.45) is 11.3 Å². The van der Waals surface area contributed by atoms with Crippen LogP contribution in [0, 0.1) is 11.3 Å². The van der Waals surface area contributed by atoms with Crippen molar-refractivity contribution in [2.75, 3.05) is 32.7 Å². The molecule has 0 saturated heterocycles. The molecule has 52 heavy (non-hydrogen) atoms. The Balaban J connectivity index is 1.50. The van der Waals surface area contributed by atoms with Gasteiger partial charge in [-0.1, -0.05) is 88.8 Å². The van der Waals surface area contributed by atoms with Gasteiger partial charge in [-0.15, -0.1) is 9.53 Å². The van der Waals surface area contributed by atoms with Crippen molar-refractivity contribution in [1.29, 1.82) is 0 Å². The second kappa shape index (κ2) is 17.1. The van der Waals surface area contributed by atoms with E-state index in [4.69, 9.17) is 14.2 Å². The number of allylic oxidation sites excluding steroid dienone is 3. The highest BCUT2D eigenvalue weighted by atomic mass is 32.3. The molecule has 3 amide bonds. The average molecular weight is 743 g/mol. The van der Waals surface area contributed by atoms with E-state index in [-0.39, 0.29) is 43.7 Å². The first kappa shape index (κ1) is 40.5. The zero-order valence-corrected chi connectivity index (χ0v) is 31.7. The second-order valence-electron chi connectivity index (χ2n) is 14.9. The Bertz CT molecular complexity index is 1700. The van der Waals surface area contributed by atoms with E-state index in [1.54, 1.807) is 26.8 Å². The van der Waals surface area contributed by atoms with E-state index in [0.717, 1.165) is 24.0 Å². The van der Waals surface area contributed by atoms with Gasteiger partial charge in [0.1, 0.15) is 19.2 Å². The van der Waals surface area contributed by atoms with Gasteiger partial charge in [0.25, 0.3) is 0 Å². The second-order valence-corrected chi connectivity index (χ2v) is 18.4. The lowest BCUT2D eigenvalue weighted by Gasteiger charge is -2.50. The molecule has 1 heterocycles. The third kappa shape index (κ3) is 11.1. The van der Waals surface area contributed by atoms with Crippen molar-refractivity contribution in [3.63, 3.8) is 0 Å². The fourth-order valence-corrected chi connectivity index (χ4v) is 8.13. The van der Waals surface area contributed by atoms with Crippen LogP contribution in [0.1, 0.15) is 59.4 Å². The van der Waals surface area contributed by atoms with E-state index in [1.807, 2.05) is 62.4 Å². The van der Waals surface area contributed by atoms with E-state index in [9.17, 15) is 28.3 Å². The summed E-state index contributed by atoms with van der Waals surface area (Å²) in [7, 11) is -4.78. The van der Waals surface area contributed by atoms with E-state index in [2.05, 4.69) is 16.0 Å². The van der Waals surface area contributed by atoms with Crippen molar-refractivity contribution in [1.82, 2.24) is 20.3 Å². The van der Waals surface area contributed by atoms with Gasteiger partial charge in [-0.05, 0) is 48.3 Å². The maximum atomic E-state index is 14.7. The predicted molar refractivity (Wildman–Crippen MR) is 199 cm³/mol. The van der Waals surface area contributed by atoms with E-state index in [1.165, 1.54) is 22.7 Å². The number of carbonyl (C=O) groups excluding carboxylic acids is 3. The van der Waals surface area contributed by atoms with Crippen LogP contribution in [-0.2, 0) is 30.5 Å². The number of hydrogen-bond acceptors (Lipinski definition) is 8. The number of benzene rings is 2. The lowest BCUT2D eigenvalue weighted by Crippen LogP contribution is -2.60. The van der Waals surface area contributed by atoms with Gasteiger partial charge in [0.05, 0.1) is 17.0 Å². The highest BCUT2D eigenvalue weighted by Crippen LogP contribution is 2.41. The number of amides is 3. The first-order valence-electron chi connectivity index (χ1n) is 17.5. The molecule has 4 rings (SSSR count). The molecule has 5 N–H and O–H groups in total. The summed E-state index contributed by atoms with van der Waals surface area (Å²) in [5.41, 5.74) is 0.915. The Kier molecular flexibility index (Phi) is 13.3. The third-order valence-corrected chi connectivity index (χ3v) is 11.7. The van der Waals surface area contributed by atoms with Gasteiger partial charge in [0.2, 0.25) is 18.6 Å². The Morgan fingerprint density at radius 3 is 2.37 bits per heavy atom. The van der Waals surface area contributed by atoms with Crippen LogP contribution in [0.25, 0.3) is 0 Å². The Morgan fingerprint density at radius 2 is 1.71 bits per heavy atom. The molecule has 2 aliphatic rings. The van der Waals surface area contributed by atoms with Crippen molar-refractivity contribution < 1.29 is 42.5 Å². The largest absolute Gasteiger partial charge is 0.454 e. The fourth-order valence-electron chi connectivity index (χ4n) is 5.92. The molecule has 14 heteroatoms. The number of aliphatic hydroxyl groups excluding tert-OH is 1. The quantitative estimate of drug-likeness (QED) is 0.165. The molecular formula is C38H54N4O9S. The number of aliphatic hydroxyl groups is 1. The molecule has 0 unspecified atom stereocenters. The maximum Gasteiger partial charge on any atom is 0.407 e. The minimum absolute atomic E-state index is 0.00811. The Hall–Kier alpha value is -4.24. The number of ether oxygens (including phenoxy) is 3. The number of rotatable bonds is 16. The van der Waals surface area contributed by atoms with Crippen LogP contribution < -0.4 is 25.4 Å². The van der Waals surface area contributed by atoms with Crippen LogP contribution in [0.5, 0.6) is 11.5 Å². The lowest BCUT2D eigenvalue weighted by atomic mass is 9.85. The van der Waals surface area contributed by atoms with Gasteiger partial charge in [-0.2, -0.15) is 4.21 Å². The zero-order chi connectivity index (χ0) is 38.1. The van der Waals surface area contributed by atoms with Crippen molar-refractivity contribution in [2.45, 2.75) is 83.6 Å². The molecule has 2 aromatic rings. The molecule has 286 valence electrons. The molecule has 3 atom stereocenters. The normalized spacial score (nSPS) is 16.7. The number of fused-ring (bicyclic) bond motifs is 1. The van der Waals surface area contributed by atoms with Gasteiger partial charge in [-0.25, -0.2) is 9.10 Å². The summed E-state index contributed by atoms with van der Waals surface area (Å²) in [6, 6.07) is 11.7. The number of nitrogens with zero attached hydrogens (tertiary/aromatic N) is 1. The van der Waals surface area contributed by atoms with Crippen LogP contribution >= 0.6 is 0 Å². The lowest BCUT2D eigenvalue weighted by molar-refractivity contribution is -0.132. The third-order valence-electron chi connectivity index (χ3n) is 8.81. The number of nitrogens with one attached hydrogen (secondary N) is 3. The highest BCUT2D eigenvalue weighted by molar-refractivity contribution is 8.12. The Labute approximate surface area is 306 Å². The molecule has 1 aliphatic heterocycles. The molecule has 2 aromatic carbocycles. The summed E-state index contributed by atoms with van der Waals surface area (Å²) in [6.45, 7) is 8.70. The van der Waals surface area contributed by atoms with Crippen molar-refractivity contribution >= 4 is 27.4 Å². The molecular weight excluding hydrogens is 689 g/mol. The van der Waals surface area contributed by atoms with E-state index < -0.39 is 57.6 Å². The average Bonchev–Trinajstić information content (AvgIpc) is 3.56.